The van der Waals surface area contributed by atoms with Gasteiger partial charge in [0.2, 0.25) is 0 Å². The first-order valence-electron chi connectivity index (χ1n) is 7.09. The van der Waals surface area contributed by atoms with Crippen LogP contribution >= 0.6 is 0 Å². The van der Waals surface area contributed by atoms with Crippen molar-refractivity contribution in [2.75, 3.05) is 6.61 Å². The van der Waals surface area contributed by atoms with Gasteiger partial charge in [-0.3, -0.25) is 0 Å². The Kier molecular flexibility index (Phi) is 3.40. The number of ether oxygens (including phenoxy) is 2. The molecule has 1 saturated carbocycles. The Morgan fingerprint density at radius 3 is 2.61 bits per heavy atom. The van der Waals surface area contributed by atoms with Gasteiger partial charge in [-0.2, -0.15) is 0 Å². The molecule has 3 rings (SSSR count). The van der Waals surface area contributed by atoms with Crippen LogP contribution < -0.4 is 0 Å². The topological polar surface area (TPSA) is 18.5 Å². The lowest BCUT2D eigenvalue weighted by Crippen LogP contribution is -2.22. The van der Waals surface area contributed by atoms with Gasteiger partial charge in [0.05, 0.1) is 6.61 Å². The van der Waals surface area contributed by atoms with Crippen molar-refractivity contribution in [3.8, 4) is 0 Å². The van der Waals surface area contributed by atoms with Crippen molar-refractivity contribution in [2.45, 2.75) is 57.3 Å². The van der Waals surface area contributed by atoms with Crippen molar-refractivity contribution in [1.29, 1.82) is 0 Å². The maximum atomic E-state index is 5.79. The first kappa shape index (κ1) is 12.2. The molecule has 1 aliphatic heterocycles. The van der Waals surface area contributed by atoms with E-state index in [9.17, 15) is 0 Å². The molecule has 2 fully saturated rings. The summed E-state index contributed by atoms with van der Waals surface area (Å²) in [6.45, 7) is 3.86. The van der Waals surface area contributed by atoms with Gasteiger partial charge in [0.25, 0.3) is 0 Å². The zero-order valence-electron chi connectivity index (χ0n) is 11.2. The van der Waals surface area contributed by atoms with Gasteiger partial charge in [-0.15, -0.1) is 0 Å². The molecule has 0 amide bonds. The SMILES string of the molecule is CC1(c2ccc(COC3CCCCO3)cc2)CC1. The normalized spacial score (nSPS) is 25.9. The van der Waals surface area contributed by atoms with Gasteiger partial charge in [0.15, 0.2) is 6.29 Å². The van der Waals surface area contributed by atoms with Gasteiger partial charge in [-0.25, -0.2) is 0 Å². The average molecular weight is 246 g/mol. The standard InChI is InChI=1S/C16H22O2/c1-16(9-10-16)14-7-5-13(6-8-14)12-18-15-4-2-3-11-17-15/h5-8,15H,2-4,9-12H2,1H3. The zero-order valence-corrected chi connectivity index (χ0v) is 11.2. The zero-order chi connectivity index (χ0) is 12.4. The molecule has 2 aliphatic rings. The van der Waals surface area contributed by atoms with Crippen molar-refractivity contribution in [1.82, 2.24) is 0 Å². The van der Waals surface area contributed by atoms with E-state index < -0.39 is 0 Å². The summed E-state index contributed by atoms with van der Waals surface area (Å²) >= 11 is 0. The molecular formula is C16H22O2. The Bertz CT molecular complexity index is 386. The average Bonchev–Trinajstić information content (AvgIpc) is 3.17. The van der Waals surface area contributed by atoms with E-state index in [2.05, 4.69) is 31.2 Å². The van der Waals surface area contributed by atoms with Gasteiger partial charge >= 0.3 is 0 Å². The van der Waals surface area contributed by atoms with Gasteiger partial charge in [0.1, 0.15) is 0 Å². The summed E-state index contributed by atoms with van der Waals surface area (Å²) in [5.41, 5.74) is 3.18. The van der Waals surface area contributed by atoms with Crippen LogP contribution in [0.15, 0.2) is 24.3 Å². The lowest BCUT2D eigenvalue weighted by atomic mass is 9.97. The Hall–Kier alpha value is -0.860. The molecule has 0 spiro atoms. The fraction of sp³-hybridized carbons (Fsp3) is 0.625. The van der Waals surface area contributed by atoms with Crippen LogP contribution in [0, 0.1) is 0 Å². The summed E-state index contributed by atoms with van der Waals surface area (Å²) in [5.74, 6) is 0. The minimum Gasteiger partial charge on any atom is -0.353 e. The van der Waals surface area contributed by atoms with E-state index in [1.54, 1.807) is 0 Å². The van der Waals surface area contributed by atoms with Crippen LogP contribution in [0.4, 0.5) is 0 Å². The molecule has 2 nitrogen and oxygen atoms in total. The summed E-state index contributed by atoms with van der Waals surface area (Å²) < 4.78 is 11.4. The van der Waals surface area contributed by atoms with Crippen LogP contribution in [0.1, 0.15) is 50.2 Å². The van der Waals surface area contributed by atoms with Crippen LogP contribution in [0.2, 0.25) is 0 Å². The Labute approximate surface area is 109 Å². The van der Waals surface area contributed by atoms with E-state index in [1.165, 1.54) is 36.8 Å². The minimum absolute atomic E-state index is 0.0133. The molecule has 1 aromatic rings. The number of rotatable bonds is 4. The first-order valence-corrected chi connectivity index (χ1v) is 7.09. The summed E-state index contributed by atoms with van der Waals surface area (Å²) in [4.78, 5) is 0. The van der Waals surface area contributed by atoms with E-state index >= 15 is 0 Å². The molecule has 1 aliphatic carbocycles. The Balaban J connectivity index is 1.53. The summed E-state index contributed by atoms with van der Waals surface area (Å²) in [7, 11) is 0. The van der Waals surface area contributed by atoms with E-state index in [0.717, 1.165) is 13.0 Å². The summed E-state index contributed by atoms with van der Waals surface area (Å²) in [6, 6.07) is 8.91. The quantitative estimate of drug-likeness (QED) is 0.805. The molecule has 1 unspecified atom stereocenters. The second-order valence-corrected chi connectivity index (χ2v) is 5.86. The highest BCUT2D eigenvalue weighted by Crippen LogP contribution is 2.47. The smallest absolute Gasteiger partial charge is 0.158 e. The highest BCUT2D eigenvalue weighted by Gasteiger charge is 2.38. The number of hydrogen-bond acceptors (Lipinski definition) is 2. The summed E-state index contributed by atoms with van der Waals surface area (Å²) in [6.07, 6.45) is 6.11. The molecule has 0 aromatic heterocycles. The highest BCUT2D eigenvalue weighted by molar-refractivity contribution is 5.32. The monoisotopic (exact) mass is 246 g/mol. The molecule has 1 atom stereocenters. The van der Waals surface area contributed by atoms with Crippen molar-refractivity contribution in [3.05, 3.63) is 35.4 Å². The van der Waals surface area contributed by atoms with Crippen molar-refractivity contribution in [2.24, 2.45) is 0 Å². The lowest BCUT2D eigenvalue weighted by molar-refractivity contribution is -0.168. The van der Waals surface area contributed by atoms with Crippen molar-refractivity contribution < 1.29 is 9.47 Å². The third-order valence-corrected chi connectivity index (χ3v) is 4.22. The second kappa shape index (κ2) is 5.02. The largest absolute Gasteiger partial charge is 0.353 e. The molecule has 98 valence electrons. The Morgan fingerprint density at radius 2 is 2.00 bits per heavy atom. The molecular weight excluding hydrogens is 224 g/mol. The molecule has 0 N–H and O–H groups in total. The van der Waals surface area contributed by atoms with Crippen molar-refractivity contribution >= 4 is 0 Å². The number of benzene rings is 1. The molecule has 0 radical (unpaired) electrons. The van der Waals surface area contributed by atoms with Gasteiger partial charge in [-0.05, 0) is 48.6 Å². The van der Waals surface area contributed by atoms with Gasteiger partial charge in [0, 0.05) is 6.61 Å². The second-order valence-electron chi connectivity index (χ2n) is 5.86. The number of hydrogen-bond donors (Lipinski definition) is 0. The fourth-order valence-corrected chi connectivity index (χ4v) is 2.51. The van der Waals surface area contributed by atoms with E-state index in [1.807, 2.05) is 0 Å². The molecule has 1 saturated heterocycles. The molecule has 1 heterocycles. The lowest BCUT2D eigenvalue weighted by Gasteiger charge is -2.22. The van der Waals surface area contributed by atoms with Crippen LogP contribution in [0.25, 0.3) is 0 Å². The minimum atomic E-state index is 0.0133. The molecule has 0 bridgehead atoms. The van der Waals surface area contributed by atoms with E-state index in [0.29, 0.717) is 12.0 Å². The van der Waals surface area contributed by atoms with E-state index in [4.69, 9.17) is 9.47 Å². The van der Waals surface area contributed by atoms with E-state index in [-0.39, 0.29) is 6.29 Å². The predicted molar refractivity (Wildman–Crippen MR) is 71.4 cm³/mol. The predicted octanol–water partition coefficient (Wildman–Crippen LogP) is 3.78. The third-order valence-electron chi connectivity index (χ3n) is 4.22. The summed E-state index contributed by atoms with van der Waals surface area (Å²) in [5, 5.41) is 0. The van der Waals surface area contributed by atoms with Crippen LogP contribution in [0.5, 0.6) is 0 Å². The maximum Gasteiger partial charge on any atom is 0.158 e. The molecule has 18 heavy (non-hydrogen) atoms. The third kappa shape index (κ3) is 2.76. The molecule has 1 aromatic carbocycles. The Morgan fingerprint density at radius 1 is 1.22 bits per heavy atom. The van der Waals surface area contributed by atoms with Crippen LogP contribution in [0.3, 0.4) is 0 Å². The van der Waals surface area contributed by atoms with Crippen LogP contribution in [-0.4, -0.2) is 12.9 Å². The van der Waals surface area contributed by atoms with Gasteiger partial charge < -0.3 is 9.47 Å². The maximum absolute atomic E-state index is 5.79. The van der Waals surface area contributed by atoms with Gasteiger partial charge in [-0.1, -0.05) is 31.2 Å². The fourth-order valence-electron chi connectivity index (χ4n) is 2.51. The van der Waals surface area contributed by atoms with Crippen LogP contribution in [-0.2, 0) is 21.5 Å². The highest BCUT2D eigenvalue weighted by atomic mass is 16.7. The first-order chi connectivity index (χ1) is 8.76. The molecule has 2 heteroatoms. The van der Waals surface area contributed by atoms with Crippen molar-refractivity contribution in [3.63, 3.8) is 0 Å².